The fourth-order valence-electron chi connectivity index (χ4n) is 2.36. The van der Waals surface area contributed by atoms with E-state index in [1.165, 1.54) is 7.05 Å². The highest BCUT2D eigenvalue weighted by Crippen LogP contribution is 2.25. The van der Waals surface area contributed by atoms with E-state index in [1.807, 2.05) is 11.8 Å². The number of benzene rings is 1. The van der Waals surface area contributed by atoms with Crippen LogP contribution in [-0.4, -0.2) is 56.6 Å². The molecule has 22 heavy (non-hydrogen) atoms. The topological polar surface area (TPSA) is 70.7 Å². The first-order valence-electron chi connectivity index (χ1n) is 7.13. The molecule has 1 saturated heterocycles. The molecule has 1 aromatic carbocycles. The number of amides is 2. The summed E-state index contributed by atoms with van der Waals surface area (Å²) in [6, 6.07) is 3.27. The summed E-state index contributed by atoms with van der Waals surface area (Å²) in [6.07, 6.45) is 0. The fraction of sp³-hybridized carbons (Fsp3) is 0.467. The number of aryl methyl sites for hydroxylation is 1. The molecule has 0 unspecified atom stereocenters. The number of nitrogens with one attached hydrogen (secondary N) is 2. The van der Waals surface area contributed by atoms with Crippen LogP contribution in [0.1, 0.15) is 15.9 Å². The summed E-state index contributed by atoms with van der Waals surface area (Å²) in [5.41, 5.74) is 1.62. The van der Waals surface area contributed by atoms with Gasteiger partial charge in [0, 0.05) is 25.2 Å². The van der Waals surface area contributed by atoms with Gasteiger partial charge in [0.25, 0.3) is 5.91 Å². The van der Waals surface area contributed by atoms with Crippen molar-refractivity contribution in [2.75, 3.05) is 45.2 Å². The lowest BCUT2D eigenvalue weighted by molar-refractivity contribution is -0.118. The van der Waals surface area contributed by atoms with E-state index < -0.39 is 0 Å². The minimum atomic E-state index is -0.285. The maximum atomic E-state index is 12.2. The van der Waals surface area contributed by atoms with Crippen LogP contribution in [0.2, 0.25) is 5.02 Å². The third-order valence-electron chi connectivity index (χ3n) is 3.51. The molecule has 7 heteroatoms. The molecule has 2 N–H and O–H groups in total. The van der Waals surface area contributed by atoms with Gasteiger partial charge in [-0.05, 0) is 24.6 Å². The normalized spacial score (nSPS) is 15.4. The van der Waals surface area contributed by atoms with Crippen LogP contribution >= 0.6 is 11.6 Å². The Morgan fingerprint density at radius 1 is 1.32 bits per heavy atom. The molecule has 0 aromatic heterocycles. The lowest BCUT2D eigenvalue weighted by Crippen LogP contribution is -2.41. The van der Waals surface area contributed by atoms with Crippen LogP contribution in [0.25, 0.3) is 0 Å². The van der Waals surface area contributed by atoms with E-state index in [1.54, 1.807) is 12.1 Å². The van der Waals surface area contributed by atoms with Crippen LogP contribution in [0.3, 0.4) is 0 Å². The first-order valence-corrected chi connectivity index (χ1v) is 7.51. The lowest BCUT2D eigenvalue weighted by atomic mass is 10.1. The number of anilines is 1. The average Bonchev–Trinajstić information content (AvgIpc) is 2.50. The zero-order chi connectivity index (χ0) is 16.1. The van der Waals surface area contributed by atoms with Gasteiger partial charge in [-0.1, -0.05) is 11.6 Å². The maximum Gasteiger partial charge on any atom is 0.253 e. The van der Waals surface area contributed by atoms with Crippen molar-refractivity contribution in [1.29, 1.82) is 0 Å². The predicted molar refractivity (Wildman–Crippen MR) is 85.5 cm³/mol. The Hall–Kier alpha value is -1.63. The number of morpholine rings is 1. The van der Waals surface area contributed by atoms with Crippen LogP contribution < -0.4 is 10.6 Å². The number of rotatable bonds is 4. The van der Waals surface area contributed by atoms with Crippen molar-refractivity contribution in [2.24, 2.45) is 0 Å². The molecule has 0 radical (unpaired) electrons. The van der Waals surface area contributed by atoms with Crippen LogP contribution in [0.4, 0.5) is 5.69 Å². The smallest absolute Gasteiger partial charge is 0.253 e. The highest BCUT2D eigenvalue weighted by atomic mass is 35.5. The van der Waals surface area contributed by atoms with Gasteiger partial charge < -0.3 is 15.4 Å². The van der Waals surface area contributed by atoms with Gasteiger partial charge >= 0.3 is 0 Å². The molecule has 2 rings (SSSR count). The van der Waals surface area contributed by atoms with Crippen molar-refractivity contribution < 1.29 is 14.3 Å². The Balaban J connectivity index is 2.13. The molecule has 1 fully saturated rings. The van der Waals surface area contributed by atoms with Gasteiger partial charge in [-0.2, -0.15) is 0 Å². The quantitative estimate of drug-likeness (QED) is 0.875. The predicted octanol–water partition coefficient (Wildman–Crippen LogP) is 1.28. The monoisotopic (exact) mass is 325 g/mol. The SMILES string of the molecule is CNC(=O)c1cc(Cl)cc(C)c1NC(=O)CN1CCOCC1. The van der Waals surface area contributed by atoms with Gasteiger partial charge in [-0.25, -0.2) is 0 Å². The van der Waals surface area contributed by atoms with Crippen LogP contribution in [0.15, 0.2) is 12.1 Å². The molecule has 2 amide bonds. The molecule has 120 valence electrons. The van der Waals surface area contributed by atoms with Gasteiger partial charge in [0.05, 0.1) is 31.0 Å². The minimum Gasteiger partial charge on any atom is -0.379 e. The van der Waals surface area contributed by atoms with Gasteiger partial charge in [0.2, 0.25) is 5.91 Å². The second-order valence-electron chi connectivity index (χ2n) is 5.16. The minimum absolute atomic E-state index is 0.155. The summed E-state index contributed by atoms with van der Waals surface area (Å²) in [6.45, 7) is 4.82. The molecule has 0 saturated carbocycles. The van der Waals surface area contributed by atoms with Crippen LogP contribution in [0, 0.1) is 6.92 Å². The molecule has 0 bridgehead atoms. The van der Waals surface area contributed by atoms with Crippen molar-refractivity contribution in [1.82, 2.24) is 10.2 Å². The van der Waals surface area contributed by atoms with Crippen LogP contribution in [0.5, 0.6) is 0 Å². The molecule has 6 nitrogen and oxygen atoms in total. The second-order valence-corrected chi connectivity index (χ2v) is 5.60. The largest absolute Gasteiger partial charge is 0.379 e. The molecule has 1 heterocycles. The summed E-state index contributed by atoms with van der Waals surface area (Å²) in [7, 11) is 1.54. The van der Waals surface area contributed by atoms with E-state index in [-0.39, 0.29) is 18.4 Å². The third-order valence-corrected chi connectivity index (χ3v) is 3.73. The first kappa shape index (κ1) is 16.7. The number of hydrogen-bond acceptors (Lipinski definition) is 4. The van der Waals surface area contributed by atoms with Gasteiger partial charge in [0.1, 0.15) is 0 Å². The van der Waals surface area contributed by atoms with E-state index in [0.29, 0.717) is 29.5 Å². The molecule has 1 aliphatic heterocycles. The van der Waals surface area contributed by atoms with Crippen molar-refractivity contribution >= 4 is 29.1 Å². The maximum absolute atomic E-state index is 12.2. The second kappa shape index (κ2) is 7.58. The number of halogens is 1. The Morgan fingerprint density at radius 2 is 2.00 bits per heavy atom. The van der Waals surface area contributed by atoms with E-state index in [0.717, 1.165) is 18.7 Å². The summed E-state index contributed by atoms with van der Waals surface area (Å²) >= 11 is 6.00. The summed E-state index contributed by atoms with van der Waals surface area (Å²) in [5.74, 6) is -0.440. The lowest BCUT2D eigenvalue weighted by Gasteiger charge is -2.26. The number of carbonyl (C=O) groups is 2. The standard InChI is InChI=1S/C15H20ClN3O3/c1-10-7-11(16)8-12(15(21)17-2)14(10)18-13(20)9-19-3-5-22-6-4-19/h7-8H,3-6,9H2,1-2H3,(H,17,21)(H,18,20). The summed E-state index contributed by atoms with van der Waals surface area (Å²) in [5, 5.41) is 5.84. The third kappa shape index (κ3) is 4.19. The number of carbonyl (C=O) groups excluding carboxylic acids is 2. The van der Waals surface area contributed by atoms with Crippen molar-refractivity contribution in [3.05, 3.63) is 28.3 Å². The van der Waals surface area contributed by atoms with E-state index in [9.17, 15) is 9.59 Å². The zero-order valence-electron chi connectivity index (χ0n) is 12.7. The highest BCUT2D eigenvalue weighted by Gasteiger charge is 2.18. The van der Waals surface area contributed by atoms with Crippen LogP contribution in [-0.2, 0) is 9.53 Å². The molecule has 1 aliphatic rings. The van der Waals surface area contributed by atoms with Crippen molar-refractivity contribution in [3.63, 3.8) is 0 Å². The Labute approximate surface area is 134 Å². The summed E-state index contributed by atoms with van der Waals surface area (Å²) in [4.78, 5) is 26.2. The van der Waals surface area contributed by atoms with E-state index in [4.69, 9.17) is 16.3 Å². The number of hydrogen-bond donors (Lipinski definition) is 2. The Kier molecular flexibility index (Phi) is 5.76. The Morgan fingerprint density at radius 3 is 2.64 bits per heavy atom. The van der Waals surface area contributed by atoms with Crippen molar-refractivity contribution in [2.45, 2.75) is 6.92 Å². The summed E-state index contributed by atoms with van der Waals surface area (Å²) < 4.78 is 5.26. The highest BCUT2D eigenvalue weighted by molar-refractivity contribution is 6.31. The number of ether oxygens (including phenoxy) is 1. The molecule has 0 aliphatic carbocycles. The van der Waals surface area contributed by atoms with Crippen molar-refractivity contribution in [3.8, 4) is 0 Å². The zero-order valence-corrected chi connectivity index (χ0v) is 13.5. The first-order chi connectivity index (χ1) is 10.5. The molecule has 0 spiro atoms. The molecular formula is C15H20ClN3O3. The van der Waals surface area contributed by atoms with E-state index in [2.05, 4.69) is 10.6 Å². The molecule has 0 atom stereocenters. The molecular weight excluding hydrogens is 306 g/mol. The van der Waals surface area contributed by atoms with Gasteiger partial charge in [0.15, 0.2) is 0 Å². The average molecular weight is 326 g/mol. The number of nitrogens with zero attached hydrogens (tertiary/aromatic N) is 1. The van der Waals surface area contributed by atoms with Gasteiger partial charge in [-0.3, -0.25) is 14.5 Å². The van der Waals surface area contributed by atoms with Gasteiger partial charge in [-0.15, -0.1) is 0 Å². The van der Waals surface area contributed by atoms with E-state index >= 15 is 0 Å². The fourth-order valence-corrected chi connectivity index (χ4v) is 2.64. The molecule has 1 aromatic rings. The Bertz CT molecular complexity index is 571.